The molecule has 1 aliphatic rings. The number of halogens is 5. The Bertz CT molecular complexity index is 452. The maximum Gasteiger partial charge on any atom is 0.458 e. The molecule has 1 radical (unpaired) electrons. The zero-order valence-electron chi connectivity index (χ0n) is 10.6. The predicted octanol–water partition coefficient (Wildman–Crippen LogP) is 3.52. The molecule has 1 heterocycles. The quantitative estimate of drug-likeness (QED) is 0.848. The molecule has 0 saturated carbocycles. The van der Waals surface area contributed by atoms with E-state index in [1.165, 1.54) is 12.1 Å². The van der Waals surface area contributed by atoms with Crippen LogP contribution >= 0.6 is 0 Å². The van der Waals surface area contributed by atoms with Gasteiger partial charge >= 0.3 is 12.1 Å². The van der Waals surface area contributed by atoms with E-state index < -0.39 is 17.7 Å². The smallest absolute Gasteiger partial charge is 0.382 e. The fourth-order valence-electron chi connectivity index (χ4n) is 2.10. The van der Waals surface area contributed by atoms with Crippen molar-refractivity contribution in [3.8, 4) is 0 Å². The normalized spacial score (nSPS) is 18.1. The molecule has 1 aromatic carbocycles. The first kappa shape index (κ1) is 15.0. The molecule has 0 aliphatic carbocycles. The Kier molecular flexibility index (Phi) is 4.17. The average molecular weight is 293 g/mol. The SMILES string of the molecule is FC(F)(F)C(F)(F)c1cccc(NC2CC[N]CC2)c1. The summed E-state index contributed by atoms with van der Waals surface area (Å²) in [6, 6.07) is 4.39. The van der Waals surface area contributed by atoms with Crippen molar-refractivity contribution >= 4 is 5.69 Å². The molecule has 1 aliphatic heterocycles. The summed E-state index contributed by atoms with van der Waals surface area (Å²) in [5.41, 5.74) is -0.770. The van der Waals surface area contributed by atoms with Gasteiger partial charge in [0.1, 0.15) is 0 Å². The van der Waals surface area contributed by atoms with E-state index in [-0.39, 0.29) is 11.7 Å². The monoisotopic (exact) mass is 293 g/mol. The lowest BCUT2D eigenvalue weighted by Gasteiger charge is -2.25. The molecule has 20 heavy (non-hydrogen) atoms. The van der Waals surface area contributed by atoms with Gasteiger partial charge in [0, 0.05) is 30.4 Å². The second kappa shape index (κ2) is 5.55. The van der Waals surface area contributed by atoms with Crippen LogP contribution in [0.2, 0.25) is 0 Å². The number of anilines is 1. The average Bonchev–Trinajstić information content (AvgIpc) is 2.39. The maximum atomic E-state index is 13.3. The van der Waals surface area contributed by atoms with Crippen molar-refractivity contribution in [1.82, 2.24) is 5.32 Å². The number of nitrogens with one attached hydrogen (secondary N) is 1. The van der Waals surface area contributed by atoms with Gasteiger partial charge < -0.3 is 5.32 Å². The van der Waals surface area contributed by atoms with Crippen molar-refractivity contribution in [3.63, 3.8) is 0 Å². The predicted molar refractivity (Wildman–Crippen MR) is 64.9 cm³/mol. The Morgan fingerprint density at radius 2 is 1.70 bits per heavy atom. The number of hydrogen-bond acceptors (Lipinski definition) is 1. The molecule has 1 saturated heterocycles. The molecule has 0 bridgehead atoms. The van der Waals surface area contributed by atoms with E-state index in [0.717, 1.165) is 25.0 Å². The molecule has 2 rings (SSSR count). The van der Waals surface area contributed by atoms with Crippen LogP contribution in [-0.2, 0) is 5.92 Å². The summed E-state index contributed by atoms with van der Waals surface area (Å²) in [7, 11) is 0. The summed E-state index contributed by atoms with van der Waals surface area (Å²) in [6.45, 7) is 1.35. The third kappa shape index (κ3) is 3.20. The minimum Gasteiger partial charge on any atom is -0.382 e. The Morgan fingerprint density at radius 1 is 1.05 bits per heavy atom. The summed E-state index contributed by atoms with van der Waals surface area (Å²) in [5.74, 6) is -4.84. The van der Waals surface area contributed by atoms with E-state index in [1.807, 2.05) is 0 Å². The second-order valence-corrected chi connectivity index (χ2v) is 4.74. The van der Waals surface area contributed by atoms with Crippen molar-refractivity contribution in [1.29, 1.82) is 0 Å². The van der Waals surface area contributed by atoms with Crippen molar-refractivity contribution in [2.45, 2.75) is 31.0 Å². The van der Waals surface area contributed by atoms with Gasteiger partial charge in [-0.2, -0.15) is 22.0 Å². The Hall–Kier alpha value is -1.37. The Balaban J connectivity index is 2.15. The highest BCUT2D eigenvalue weighted by Gasteiger charge is 2.58. The van der Waals surface area contributed by atoms with E-state index in [9.17, 15) is 22.0 Å². The highest BCUT2D eigenvalue weighted by Crippen LogP contribution is 2.44. The lowest BCUT2D eigenvalue weighted by atomic mass is 10.0. The summed E-state index contributed by atoms with van der Waals surface area (Å²) in [5, 5.41) is 7.13. The number of benzene rings is 1. The molecule has 2 nitrogen and oxygen atoms in total. The third-order valence-corrected chi connectivity index (χ3v) is 3.22. The minimum atomic E-state index is -5.59. The maximum absolute atomic E-state index is 13.3. The Labute approximate surface area is 113 Å². The molecule has 1 fully saturated rings. The van der Waals surface area contributed by atoms with E-state index >= 15 is 0 Å². The van der Waals surface area contributed by atoms with E-state index in [1.54, 1.807) is 0 Å². The molecule has 0 amide bonds. The summed E-state index contributed by atoms with van der Waals surface area (Å²) >= 11 is 0. The molecule has 0 spiro atoms. The van der Waals surface area contributed by atoms with Gasteiger partial charge in [-0.3, -0.25) is 0 Å². The fourth-order valence-corrected chi connectivity index (χ4v) is 2.10. The summed E-state index contributed by atoms with van der Waals surface area (Å²) in [4.78, 5) is 0. The van der Waals surface area contributed by atoms with Gasteiger partial charge in [-0.05, 0) is 25.0 Å². The Morgan fingerprint density at radius 3 is 2.30 bits per heavy atom. The number of hydrogen-bond donors (Lipinski definition) is 1. The van der Waals surface area contributed by atoms with Crippen LogP contribution in [-0.4, -0.2) is 25.3 Å². The van der Waals surface area contributed by atoms with Crippen molar-refractivity contribution in [2.24, 2.45) is 0 Å². The van der Waals surface area contributed by atoms with Crippen LogP contribution in [0.4, 0.5) is 27.6 Å². The fraction of sp³-hybridized carbons (Fsp3) is 0.538. The first-order chi connectivity index (χ1) is 9.30. The van der Waals surface area contributed by atoms with Crippen LogP contribution in [0.1, 0.15) is 18.4 Å². The summed E-state index contributed by atoms with van der Waals surface area (Å²) < 4.78 is 63.5. The van der Waals surface area contributed by atoms with Crippen LogP contribution in [0.25, 0.3) is 0 Å². The van der Waals surface area contributed by atoms with Crippen molar-refractivity contribution in [2.75, 3.05) is 18.4 Å². The van der Waals surface area contributed by atoms with Gasteiger partial charge in [0.15, 0.2) is 0 Å². The van der Waals surface area contributed by atoms with Gasteiger partial charge in [0.25, 0.3) is 0 Å². The molecule has 7 heteroatoms. The first-order valence-corrected chi connectivity index (χ1v) is 6.25. The molecule has 111 valence electrons. The van der Waals surface area contributed by atoms with Crippen molar-refractivity contribution < 1.29 is 22.0 Å². The largest absolute Gasteiger partial charge is 0.458 e. The first-order valence-electron chi connectivity index (χ1n) is 6.25. The van der Waals surface area contributed by atoms with Gasteiger partial charge in [-0.15, -0.1) is 0 Å². The zero-order valence-corrected chi connectivity index (χ0v) is 10.6. The highest BCUT2D eigenvalue weighted by molar-refractivity contribution is 5.48. The number of nitrogens with zero attached hydrogens (tertiary/aromatic N) is 1. The molecule has 1 aromatic rings. The highest BCUT2D eigenvalue weighted by atomic mass is 19.4. The topological polar surface area (TPSA) is 26.1 Å². The molecule has 0 atom stereocenters. The standard InChI is InChI=1S/C13H14F5N2/c14-12(15,13(16,17)18)9-2-1-3-11(8-9)20-10-4-6-19-7-5-10/h1-3,8,10,20H,4-7H2. The van der Waals surface area contributed by atoms with Crippen LogP contribution in [0.15, 0.2) is 24.3 Å². The van der Waals surface area contributed by atoms with Gasteiger partial charge in [0.05, 0.1) is 0 Å². The minimum absolute atomic E-state index is 0.0576. The zero-order chi connectivity index (χ0) is 14.8. The lowest BCUT2D eigenvalue weighted by Crippen LogP contribution is -2.34. The van der Waals surface area contributed by atoms with E-state index in [4.69, 9.17) is 0 Å². The van der Waals surface area contributed by atoms with Crippen LogP contribution in [0, 0.1) is 0 Å². The van der Waals surface area contributed by atoms with E-state index in [2.05, 4.69) is 10.6 Å². The number of rotatable bonds is 3. The second-order valence-electron chi connectivity index (χ2n) is 4.74. The number of alkyl halides is 5. The van der Waals surface area contributed by atoms with Crippen LogP contribution in [0.5, 0.6) is 0 Å². The van der Waals surface area contributed by atoms with Crippen LogP contribution < -0.4 is 10.6 Å². The molecular weight excluding hydrogens is 279 g/mol. The summed E-state index contributed by atoms with van der Waals surface area (Å²) in [6.07, 6.45) is -4.09. The van der Waals surface area contributed by atoms with Gasteiger partial charge in [-0.25, -0.2) is 5.32 Å². The molecular formula is C13H14F5N2. The van der Waals surface area contributed by atoms with Crippen molar-refractivity contribution in [3.05, 3.63) is 29.8 Å². The third-order valence-electron chi connectivity index (χ3n) is 3.22. The lowest BCUT2D eigenvalue weighted by molar-refractivity contribution is -0.289. The van der Waals surface area contributed by atoms with Gasteiger partial charge in [-0.1, -0.05) is 12.1 Å². The van der Waals surface area contributed by atoms with E-state index in [0.29, 0.717) is 13.1 Å². The molecule has 1 N–H and O–H groups in total. The molecule has 0 aromatic heterocycles. The molecule has 0 unspecified atom stereocenters. The van der Waals surface area contributed by atoms with Gasteiger partial charge in [0.2, 0.25) is 0 Å². The van der Waals surface area contributed by atoms with Crippen LogP contribution in [0.3, 0.4) is 0 Å². The number of piperidine rings is 1.